The second-order valence-corrected chi connectivity index (χ2v) is 11.4. The Morgan fingerprint density at radius 1 is 1.14 bits per heavy atom. The number of carbonyl (C=O) groups is 2. The number of benzene rings is 2. The summed E-state index contributed by atoms with van der Waals surface area (Å²) in [5.41, 5.74) is 1.93. The van der Waals surface area contributed by atoms with Crippen molar-refractivity contribution in [2.75, 3.05) is 30.4 Å². The number of rotatable bonds is 7. The number of nitrogens with one attached hydrogen (secondary N) is 1. The van der Waals surface area contributed by atoms with E-state index in [0.717, 1.165) is 29.4 Å². The summed E-state index contributed by atoms with van der Waals surface area (Å²) in [5, 5.41) is 8.28. The van der Waals surface area contributed by atoms with Crippen LogP contribution >= 0.6 is 0 Å². The Morgan fingerprint density at radius 2 is 1.93 bits per heavy atom. The number of hydrogen-bond donors (Lipinski definition) is 1. The van der Waals surface area contributed by atoms with Crippen LogP contribution in [0.3, 0.4) is 0 Å². The Morgan fingerprint density at radius 3 is 2.64 bits per heavy atom. The average molecular weight is 571 g/mol. The van der Waals surface area contributed by atoms with E-state index in [1.165, 1.54) is 10.8 Å². The highest BCUT2D eigenvalue weighted by Crippen LogP contribution is 2.31. The molecule has 1 fully saturated rings. The maximum Gasteiger partial charge on any atom is 0.596 e. The average Bonchev–Trinajstić information content (AvgIpc) is 3.56. The number of anilines is 2. The first-order valence-electron chi connectivity index (χ1n) is 13.9. The van der Waals surface area contributed by atoms with Crippen LogP contribution in [0.1, 0.15) is 43.2 Å². The molecule has 3 heterocycles. The van der Waals surface area contributed by atoms with Crippen molar-refractivity contribution in [3.63, 3.8) is 0 Å². The molecule has 2 aromatic heterocycles. The van der Waals surface area contributed by atoms with Gasteiger partial charge in [0.2, 0.25) is 0 Å². The number of hydrogen-bond acceptors (Lipinski definition) is 8. The molecular weight excluding hydrogens is 534 g/mol. The molecule has 42 heavy (non-hydrogen) atoms. The molecule has 0 aliphatic carbocycles. The van der Waals surface area contributed by atoms with E-state index in [-0.39, 0.29) is 17.7 Å². The summed E-state index contributed by atoms with van der Waals surface area (Å²) >= 11 is 0. The molecule has 0 spiro atoms. The Hall–Kier alpha value is -4.80. The zero-order valence-electron chi connectivity index (χ0n) is 24.6. The normalized spacial score (nSPS) is 15.6. The van der Waals surface area contributed by atoms with Gasteiger partial charge in [-0.2, -0.15) is 9.89 Å². The predicted molar refractivity (Wildman–Crippen MR) is 160 cm³/mol. The van der Waals surface area contributed by atoms with Crippen molar-refractivity contribution in [1.82, 2.24) is 19.7 Å². The second kappa shape index (κ2) is 12.0. The molecule has 0 radical (unpaired) electrons. The minimum Gasteiger partial charge on any atom is -0.487 e. The molecule has 2 aromatic carbocycles. The number of amides is 2. The van der Waals surface area contributed by atoms with Gasteiger partial charge >= 0.3 is 6.09 Å². The lowest BCUT2D eigenvalue weighted by Crippen LogP contribution is -2.31. The summed E-state index contributed by atoms with van der Waals surface area (Å²) < 4.78 is 14.7. The van der Waals surface area contributed by atoms with E-state index < -0.39 is 11.5 Å². The van der Waals surface area contributed by atoms with E-state index in [9.17, 15) is 9.59 Å². The Labute approximate surface area is 244 Å². The minimum atomic E-state index is -0.549. The van der Waals surface area contributed by atoms with Crippen LogP contribution in [-0.4, -0.2) is 68.3 Å². The van der Waals surface area contributed by atoms with Crippen LogP contribution in [0.4, 0.5) is 16.3 Å². The SMILES string of the molecule is Cn1cc2cc(NC(=O)c3cnc(N4CCC(/C=[N+](/C)C(=O)OC(C)(C)C)C4)cn3)c(OCc3ccccc3)cc2n1. The highest BCUT2D eigenvalue weighted by atomic mass is 16.6. The van der Waals surface area contributed by atoms with Crippen molar-refractivity contribution in [2.45, 2.75) is 39.4 Å². The molecule has 0 saturated carbocycles. The lowest BCUT2D eigenvalue weighted by atomic mass is 10.1. The van der Waals surface area contributed by atoms with E-state index in [1.54, 1.807) is 17.9 Å². The number of aromatic nitrogens is 4. The van der Waals surface area contributed by atoms with Gasteiger partial charge in [0.15, 0.2) is 6.21 Å². The van der Waals surface area contributed by atoms with Crippen molar-refractivity contribution in [2.24, 2.45) is 13.0 Å². The summed E-state index contributed by atoms with van der Waals surface area (Å²) in [6, 6.07) is 13.5. The number of aryl methyl sites for hydroxylation is 1. The van der Waals surface area contributed by atoms with Crippen LogP contribution in [0.2, 0.25) is 0 Å². The molecule has 4 aromatic rings. The monoisotopic (exact) mass is 570 g/mol. The molecule has 0 bridgehead atoms. The van der Waals surface area contributed by atoms with E-state index in [4.69, 9.17) is 9.47 Å². The van der Waals surface area contributed by atoms with Gasteiger partial charge in [-0.25, -0.2) is 9.97 Å². The van der Waals surface area contributed by atoms with Crippen LogP contribution in [0.5, 0.6) is 5.75 Å². The molecule has 1 atom stereocenters. The zero-order valence-corrected chi connectivity index (χ0v) is 24.6. The van der Waals surface area contributed by atoms with E-state index in [1.807, 2.05) is 82.7 Å². The topological polar surface area (TPSA) is 114 Å². The molecule has 2 amide bonds. The van der Waals surface area contributed by atoms with Gasteiger partial charge in [-0.05, 0) is 38.8 Å². The molecule has 11 nitrogen and oxygen atoms in total. The fraction of sp³-hybridized carbons (Fsp3) is 0.355. The number of nitrogens with zero attached hydrogens (tertiary/aromatic N) is 6. The lowest BCUT2D eigenvalue weighted by molar-refractivity contribution is -0.416. The fourth-order valence-electron chi connectivity index (χ4n) is 4.74. The van der Waals surface area contributed by atoms with Crippen molar-refractivity contribution in [3.8, 4) is 5.75 Å². The maximum atomic E-state index is 13.2. The summed E-state index contributed by atoms with van der Waals surface area (Å²) in [4.78, 5) is 36.5. The predicted octanol–water partition coefficient (Wildman–Crippen LogP) is 4.67. The van der Waals surface area contributed by atoms with E-state index in [2.05, 4.69) is 25.3 Å². The van der Waals surface area contributed by atoms with Crippen LogP contribution in [0, 0.1) is 5.92 Å². The number of ether oxygens (including phenoxy) is 2. The Kier molecular flexibility index (Phi) is 8.19. The van der Waals surface area contributed by atoms with Gasteiger partial charge in [-0.1, -0.05) is 30.3 Å². The third-order valence-electron chi connectivity index (χ3n) is 6.74. The lowest BCUT2D eigenvalue weighted by Gasteiger charge is -2.17. The van der Waals surface area contributed by atoms with Gasteiger partial charge < -0.3 is 19.7 Å². The summed E-state index contributed by atoms with van der Waals surface area (Å²) in [5.74, 6) is 0.946. The number of fused-ring (bicyclic) bond motifs is 1. The van der Waals surface area contributed by atoms with Crippen LogP contribution in [-0.2, 0) is 18.4 Å². The van der Waals surface area contributed by atoms with Gasteiger partial charge in [0.1, 0.15) is 36.5 Å². The van der Waals surface area contributed by atoms with Crippen molar-refractivity contribution >= 4 is 40.6 Å². The van der Waals surface area contributed by atoms with Gasteiger partial charge in [-0.15, -0.1) is 4.58 Å². The van der Waals surface area contributed by atoms with Crippen molar-refractivity contribution < 1.29 is 23.6 Å². The van der Waals surface area contributed by atoms with Crippen molar-refractivity contribution in [1.29, 1.82) is 0 Å². The molecule has 218 valence electrons. The second-order valence-electron chi connectivity index (χ2n) is 11.4. The van der Waals surface area contributed by atoms with E-state index in [0.29, 0.717) is 30.4 Å². The molecule has 11 heteroatoms. The maximum absolute atomic E-state index is 13.2. The summed E-state index contributed by atoms with van der Waals surface area (Å²) in [6.45, 7) is 7.32. The first kappa shape index (κ1) is 28.7. The number of carbonyl (C=O) groups excluding carboxylic acids is 2. The molecule has 1 unspecified atom stereocenters. The van der Waals surface area contributed by atoms with Crippen LogP contribution in [0.15, 0.2) is 61.1 Å². The molecule has 1 aliphatic rings. The quantitative estimate of drug-likeness (QED) is 0.252. The van der Waals surface area contributed by atoms with Crippen LogP contribution in [0.25, 0.3) is 10.9 Å². The first-order chi connectivity index (χ1) is 20.0. The smallest absolute Gasteiger partial charge is 0.487 e. The minimum absolute atomic E-state index is 0.156. The molecule has 1 saturated heterocycles. The molecule has 5 rings (SSSR count). The summed E-state index contributed by atoms with van der Waals surface area (Å²) in [6.07, 6.45) is 7.33. The standard InChI is InChI=1S/C31H35N7O4/c1-31(2,3)42-30(40)36(4)17-22-11-12-38(18-22)28-16-32-26(15-33-28)29(39)34-25-13-23-19-37(5)35-24(23)14-27(25)41-20-21-9-7-6-8-10-21/h6-10,13-17,19,22H,11-12,18,20H2,1-5H3/p+1/b36-17-. The largest absolute Gasteiger partial charge is 0.596 e. The molecular formula is C31H36N7O4+. The van der Waals surface area contributed by atoms with Gasteiger partial charge in [0.05, 0.1) is 29.5 Å². The molecule has 1 N–H and O–H groups in total. The van der Waals surface area contributed by atoms with Crippen LogP contribution < -0.4 is 15.0 Å². The van der Waals surface area contributed by atoms with Gasteiger partial charge in [0.25, 0.3) is 5.91 Å². The van der Waals surface area contributed by atoms with Crippen molar-refractivity contribution in [3.05, 3.63) is 72.3 Å². The van der Waals surface area contributed by atoms with Gasteiger partial charge in [-0.3, -0.25) is 9.48 Å². The third kappa shape index (κ3) is 7.09. The molecule has 1 aliphatic heterocycles. The zero-order chi connectivity index (χ0) is 29.9. The Balaban J connectivity index is 1.25. The third-order valence-corrected chi connectivity index (χ3v) is 6.74. The van der Waals surface area contributed by atoms with E-state index >= 15 is 0 Å². The Bertz CT molecular complexity index is 1610. The fourth-order valence-corrected chi connectivity index (χ4v) is 4.74. The first-order valence-corrected chi connectivity index (χ1v) is 13.9. The highest BCUT2D eigenvalue weighted by molar-refractivity contribution is 6.04. The highest BCUT2D eigenvalue weighted by Gasteiger charge is 2.29. The van der Waals surface area contributed by atoms with Gasteiger partial charge in [0, 0.05) is 37.8 Å². The summed E-state index contributed by atoms with van der Waals surface area (Å²) in [7, 11) is 3.55.